The van der Waals surface area contributed by atoms with E-state index in [-0.39, 0.29) is 17.8 Å². The maximum atomic E-state index is 13.7. The van der Waals surface area contributed by atoms with Crippen molar-refractivity contribution in [3.05, 3.63) is 21.9 Å². The van der Waals surface area contributed by atoms with E-state index in [0.29, 0.717) is 32.2 Å². The van der Waals surface area contributed by atoms with Gasteiger partial charge in [-0.3, -0.25) is 10.1 Å². The molecule has 0 spiro atoms. The highest BCUT2D eigenvalue weighted by atomic mass is 19.1. The van der Waals surface area contributed by atoms with Gasteiger partial charge in [0.2, 0.25) is 5.82 Å². The van der Waals surface area contributed by atoms with E-state index in [1.807, 2.05) is 6.92 Å². The van der Waals surface area contributed by atoms with Crippen molar-refractivity contribution in [1.29, 1.82) is 0 Å². The summed E-state index contributed by atoms with van der Waals surface area (Å²) in [6, 6.07) is 0.0924. The lowest BCUT2D eigenvalue weighted by Gasteiger charge is -2.38. The summed E-state index contributed by atoms with van der Waals surface area (Å²) in [7, 11) is 0. The SMILES string of the molecule is CC1COCC1CN1C(=C(F)[N+](=O)[O-])NCCC1C. The van der Waals surface area contributed by atoms with E-state index >= 15 is 0 Å². The topological polar surface area (TPSA) is 67.6 Å². The lowest BCUT2D eigenvalue weighted by molar-refractivity contribution is -0.450. The van der Waals surface area contributed by atoms with Crippen LogP contribution in [0.3, 0.4) is 0 Å². The minimum absolute atomic E-state index is 0.0165. The van der Waals surface area contributed by atoms with Gasteiger partial charge in [-0.1, -0.05) is 6.92 Å². The fourth-order valence-corrected chi connectivity index (χ4v) is 2.62. The van der Waals surface area contributed by atoms with Crippen LogP contribution in [0.25, 0.3) is 0 Å². The molecule has 7 heteroatoms. The molecule has 2 aliphatic rings. The average Bonchev–Trinajstić information content (AvgIpc) is 2.76. The van der Waals surface area contributed by atoms with Crippen molar-refractivity contribution >= 4 is 0 Å². The van der Waals surface area contributed by atoms with Crippen LogP contribution in [0.1, 0.15) is 20.3 Å². The third-order valence-corrected chi connectivity index (χ3v) is 3.98. The van der Waals surface area contributed by atoms with Crippen LogP contribution in [-0.4, -0.2) is 42.2 Å². The standard InChI is InChI=1S/C12H20FN3O3/c1-8-6-19-7-10(8)5-15-9(2)3-4-14-12(15)11(13)16(17)18/h8-10,14H,3-7H2,1-2H3. The molecule has 0 saturated carbocycles. The molecule has 2 rings (SSSR count). The van der Waals surface area contributed by atoms with E-state index in [9.17, 15) is 14.5 Å². The summed E-state index contributed by atoms with van der Waals surface area (Å²) < 4.78 is 19.0. The molecule has 0 aliphatic carbocycles. The van der Waals surface area contributed by atoms with Crippen LogP contribution >= 0.6 is 0 Å². The molecule has 0 radical (unpaired) electrons. The smallest absolute Gasteiger partial charge is 0.381 e. The number of ether oxygens (including phenoxy) is 1. The Morgan fingerprint density at radius 2 is 2.32 bits per heavy atom. The Morgan fingerprint density at radius 3 is 2.89 bits per heavy atom. The molecule has 19 heavy (non-hydrogen) atoms. The Labute approximate surface area is 111 Å². The summed E-state index contributed by atoms with van der Waals surface area (Å²) >= 11 is 0. The van der Waals surface area contributed by atoms with Gasteiger partial charge in [-0.2, -0.15) is 0 Å². The zero-order chi connectivity index (χ0) is 14.0. The van der Waals surface area contributed by atoms with E-state index in [2.05, 4.69) is 12.2 Å². The Hall–Kier alpha value is -1.37. The third-order valence-electron chi connectivity index (χ3n) is 3.98. The highest BCUT2D eigenvalue weighted by Crippen LogP contribution is 2.26. The minimum atomic E-state index is -1.29. The van der Waals surface area contributed by atoms with Crippen LogP contribution in [0, 0.1) is 22.0 Å². The maximum Gasteiger partial charge on any atom is 0.460 e. The first kappa shape index (κ1) is 14.0. The Bertz CT molecular complexity index is 388. The molecule has 1 N–H and O–H groups in total. The van der Waals surface area contributed by atoms with Gasteiger partial charge < -0.3 is 15.0 Å². The van der Waals surface area contributed by atoms with Gasteiger partial charge in [0, 0.05) is 31.7 Å². The molecule has 2 fully saturated rings. The van der Waals surface area contributed by atoms with Crippen LogP contribution in [-0.2, 0) is 4.74 Å². The largest absolute Gasteiger partial charge is 0.460 e. The van der Waals surface area contributed by atoms with Crippen molar-refractivity contribution in [3.8, 4) is 0 Å². The van der Waals surface area contributed by atoms with Gasteiger partial charge >= 0.3 is 5.95 Å². The summed E-state index contributed by atoms with van der Waals surface area (Å²) in [5, 5.41) is 13.5. The molecule has 0 amide bonds. The van der Waals surface area contributed by atoms with E-state index < -0.39 is 10.9 Å². The Kier molecular flexibility index (Phi) is 4.24. The molecule has 2 aliphatic heterocycles. The van der Waals surface area contributed by atoms with E-state index in [1.165, 1.54) is 0 Å². The third kappa shape index (κ3) is 2.97. The van der Waals surface area contributed by atoms with Crippen LogP contribution in [0.2, 0.25) is 0 Å². The molecule has 0 bridgehead atoms. The number of rotatable bonds is 3. The molecule has 2 saturated heterocycles. The zero-order valence-electron chi connectivity index (χ0n) is 11.3. The second-order valence-electron chi connectivity index (χ2n) is 5.39. The highest BCUT2D eigenvalue weighted by molar-refractivity contribution is 5.05. The van der Waals surface area contributed by atoms with Gasteiger partial charge in [-0.05, 0) is 19.3 Å². The summed E-state index contributed by atoms with van der Waals surface area (Å²) in [6.45, 7) is 6.55. The van der Waals surface area contributed by atoms with E-state index in [4.69, 9.17) is 4.74 Å². The Balaban J connectivity index is 2.17. The first-order valence-corrected chi connectivity index (χ1v) is 6.63. The van der Waals surface area contributed by atoms with Crippen molar-refractivity contribution < 1.29 is 14.1 Å². The second-order valence-corrected chi connectivity index (χ2v) is 5.39. The normalized spacial score (nSPS) is 34.1. The van der Waals surface area contributed by atoms with Crippen LogP contribution in [0.15, 0.2) is 11.8 Å². The van der Waals surface area contributed by atoms with Crippen molar-refractivity contribution in [2.24, 2.45) is 11.8 Å². The number of nitrogens with one attached hydrogen (secondary N) is 1. The molecular weight excluding hydrogens is 253 g/mol. The second kappa shape index (κ2) is 5.73. The van der Waals surface area contributed by atoms with E-state index in [0.717, 1.165) is 6.42 Å². The molecular formula is C12H20FN3O3. The predicted octanol–water partition coefficient (Wildman–Crippen LogP) is 1.33. The number of halogens is 1. The number of hydrogen-bond donors (Lipinski definition) is 1. The summed E-state index contributed by atoms with van der Waals surface area (Å²) in [6.07, 6.45) is 0.844. The maximum absolute atomic E-state index is 13.7. The fraction of sp³-hybridized carbons (Fsp3) is 0.833. The molecule has 6 nitrogen and oxygen atoms in total. The first-order chi connectivity index (χ1) is 9.00. The van der Waals surface area contributed by atoms with Gasteiger partial charge in [-0.25, -0.2) is 0 Å². The van der Waals surface area contributed by atoms with Crippen LogP contribution in [0.4, 0.5) is 4.39 Å². The number of nitro groups is 1. The molecule has 2 heterocycles. The molecule has 108 valence electrons. The molecule has 3 unspecified atom stereocenters. The summed E-state index contributed by atoms with van der Waals surface area (Å²) in [5.74, 6) is -0.591. The number of nitrogens with zero attached hydrogens (tertiary/aromatic N) is 2. The Morgan fingerprint density at radius 1 is 1.58 bits per heavy atom. The van der Waals surface area contributed by atoms with Crippen LogP contribution < -0.4 is 5.32 Å². The number of hydrogen-bond acceptors (Lipinski definition) is 5. The van der Waals surface area contributed by atoms with Gasteiger partial charge in [0.25, 0.3) is 0 Å². The lowest BCUT2D eigenvalue weighted by atomic mass is 9.96. The van der Waals surface area contributed by atoms with Gasteiger partial charge in [0.1, 0.15) is 0 Å². The average molecular weight is 273 g/mol. The monoisotopic (exact) mass is 273 g/mol. The van der Waals surface area contributed by atoms with Gasteiger partial charge in [0.05, 0.1) is 11.5 Å². The van der Waals surface area contributed by atoms with Gasteiger partial charge in [0.15, 0.2) is 0 Å². The molecule has 0 aromatic carbocycles. The van der Waals surface area contributed by atoms with Crippen molar-refractivity contribution in [2.45, 2.75) is 26.3 Å². The quantitative estimate of drug-likeness (QED) is 0.477. The zero-order valence-corrected chi connectivity index (χ0v) is 11.3. The highest BCUT2D eigenvalue weighted by Gasteiger charge is 2.34. The summed E-state index contributed by atoms with van der Waals surface area (Å²) in [4.78, 5) is 11.4. The summed E-state index contributed by atoms with van der Waals surface area (Å²) in [5.41, 5.74) is 0. The van der Waals surface area contributed by atoms with Crippen LogP contribution in [0.5, 0.6) is 0 Å². The predicted molar refractivity (Wildman–Crippen MR) is 67.4 cm³/mol. The molecule has 0 aromatic rings. The van der Waals surface area contributed by atoms with Gasteiger partial charge in [-0.15, -0.1) is 4.39 Å². The molecule has 3 atom stereocenters. The van der Waals surface area contributed by atoms with Crippen molar-refractivity contribution in [1.82, 2.24) is 10.2 Å². The fourth-order valence-electron chi connectivity index (χ4n) is 2.62. The minimum Gasteiger partial charge on any atom is -0.381 e. The first-order valence-electron chi connectivity index (χ1n) is 6.63. The van der Waals surface area contributed by atoms with Crippen molar-refractivity contribution in [3.63, 3.8) is 0 Å². The molecule has 0 aromatic heterocycles. The van der Waals surface area contributed by atoms with Crippen molar-refractivity contribution in [2.75, 3.05) is 26.3 Å². The van der Waals surface area contributed by atoms with E-state index in [1.54, 1.807) is 4.90 Å². The lowest BCUT2D eigenvalue weighted by Crippen LogP contribution is -2.48.